The maximum atomic E-state index is 2.83. The molecule has 2 unspecified atom stereocenters. The zero-order valence-corrected chi connectivity index (χ0v) is 35.6. The summed E-state index contributed by atoms with van der Waals surface area (Å²) in [5.74, 6) is 1.21. The first-order chi connectivity index (χ1) is 24.0. The van der Waals surface area contributed by atoms with Crippen LogP contribution in [0.25, 0.3) is 56.0 Å². The number of hydrogen-bond acceptors (Lipinski definition) is 0. The van der Waals surface area contributed by atoms with Crippen LogP contribution in [0.3, 0.4) is 0 Å². The Bertz CT molecular complexity index is 2260. The second kappa shape index (κ2) is 12.6. The van der Waals surface area contributed by atoms with E-state index in [0.717, 1.165) is 12.8 Å². The molecule has 0 bridgehead atoms. The molecule has 6 aromatic rings. The Morgan fingerprint density at radius 2 is 0.840 bits per heavy atom. The van der Waals surface area contributed by atoms with Crippen molar-refractivity contribution in [3.05, 3.63) is 155 Å². The van der Waals surface area contributed by atoms with Gasteiger partial charge in [-0.05, 0) is 0 Å². The molecule has 0 saturated carbocycles. The molecule has 6 aromatic carbocycles. The van der Waals surface area contributed by atoms with Crippen molar-refractivity contribution in [3.8, 4) is 22.3 Å². The van der Waals surface area contributed by atoms with Gasteiger partial charge in [0.2, 0.25) is 0 Å². The fraction of sp³-hybridized carbons (Fsp3) is 0.250. The molecule has 2 aliphatic carbocycles. The third kappa shape index (κ3) is 5.58. The van der Waals surface area contributed by atoms with E-state index in [-0.39, 0.29) is 0 Å². The first-order valence-corrected chi connectivity index (χ1v) is 38.4. The average molecular weight is 834 g/mol. The van der Waals surface area contributed by atoms with Crippen LogP contribution in [0.1, 0.15) is 70.1 Å². The van der Waals surface area contributed by atoms with E-state index in [1.54, 1.807) is 22.3 Å². The first-order valence-electron chi connectivity index (χ1n) is 18.7. The molecular weight excluding hydrogens is 783 g/mol. The van der Waals surface area contributed by atoms with Gasteiger partial charge in [0.15, 0.2) is 0 Å². The van der Waals surface area contributed by atoms with E-state index < -0.39 is 17.1 Å². The van der Waals surface area contributed by atoms with E-state index in [2.05, 4.69) is 177 Å². The number of benzene rings is 6. The van der Waals surface area contributed by atoms with Crippen molar-refractivity contribution in [3.63, 3.8) is 0 Å². The van der Waals surface area contributed by atoms with Crippen molar-refractivity contribution in [1.29, 1.82) is 0 Å². The van der Waals surface area contributed by atoms with Crippen molar-refractivity contribution in [2.75, 3.05) is 0 Å². The van der Waals surface area contributed by atoms with Crippen molar-refractivity contribution in [1.82, 2.24) is 0 Å². The van der Waals surface area contributed by atoms with Gasteiger partial charge >= 0.3 is 304 Å². The normalized spacial score (nSPS) is 17.4. The molecule has 0 N–H and O–H groups in total. The summed E-state index contributed by atoms with van der Waals surface area (Å²) < 4.78 is 6.66. The summed E-state index contributed by atoms with van der Waals surface area (Å²) in [6, 6.07) is 45.9. The average Bonchev–Trinajstić information content (AvgIpc) is 3.66. The second-order valence-corrected chi connectivity index (χ2v) is 60.6. The Morgan fingerprint density at radius 3 is 1.26 bits per heavy atom. The van der Waals surface area contributed by atoms with Gasteiger partial charge in [0.05, 0.1) is 0 Å². The molecule has 8 rings (SSSR count). The van der Waals surface area contributed by atoms with Crippen LogP contribution >= 0.6 is 0 Å². The molecule has 0 saturated heterocycles. The van der Waals surface area contributed by atoms with Gasteiger partial charge in [-0.2, -0.15) is 0 Å². The van der Waals surface area contributed by atoms with E-state index in [1.807, 2.05) is 0 Å². The van der Waals surface area contributed by atoms with E-state index in [4.69, 9.17) is 0 Å². The quantitative estimate of drug-likeness (QED) is 0.134. The number of fused-ring (bicyclic) bond motifs is 4. The molecule has 0 spiro atoms. The zero-order chi connectivity index (χ0) is 34.8. The summed E-state index contributed by atoms with van der Waals surface area (Å²) >= 11 is -3.98. The summed E-state index contributed by atoms with van der Waals surface area (Å²) in [5, 5.41) is 5.31. The van der Waals surface area contributed by atoms with Crippen LogP contribution in [0.5, 0.6) is 0 Å². The predicted octanol–water partition coefficient (Wildman–Crippen LogP) is 13.3. The molecule has 0 heterocycles. The van der Waals surface area contributed by atoms with Gasteiger partial charge in [-0.25, -0.2) is 0 Å². The molecule has 0 fully saturated rings. The Balaban J connectivity index is 1.34. The summed E-state index contributed by atoms with van der Waals surface area (Å²) in [6.07, 6.45) is 7.61. The molecule has 0 radical (unpaired) electrons. The fourth-order valence-corrected chi connectivity index (χ4v) is 38.5. The number of rotatable bonds is 8. The Hall–Kier alpha value is -3.59. The van der Waals surface area contributed by atoms with Gasteiger partial charge in [0.1, 0.15) is 0 Å². The molecule has 0 aromatic heterocycles. The van der Waals surface area contributed by atoms with Crippen molar-refractivity contribution in [2.45, 2.75) is 57.2 Å². The molecule has 2 atom stereocenters. The fourth-order valence-electron chi connectivity index (χ4n) is 10.0. The summed E-state index contributed by atoms with van der Waals surface area (Å²) in [7, 11) is 0. The monoisotopic (exact) mass is 834 g/mol. The maximum absolute atomic E-state index is 3.98. The molecule has 0 amide bonds. The van der Waals surface area contributed by atoms with Gasteiger partial charge in [-0.3, -0.25) is 0 Å². The summed E-state index contributed by atoms with van der Waals surface area (Å²) in [4.78, 5) is 0. The molecule has 250 valence electrons. The van der Waals surface area contributed by atoms with Crippen LogP contribution in [0.15, 0.2) is 132 Å². The van der Waals surface area contributed by atoms with Gasteiger partial charge in [0, 0.05) is 0 Å². The van der Waals surface area contributed by atoms with Crippen LogP contribution in [-0.2, 0) is 17.1 Å². The predicted molar refractivity (Wildman–Crippen MR) is 219 cm³/mol. The SMILES string of the molecule is CC(C)CC1=Cc2c(-c3cccc4ccccc34)cccc2[CH]1[Hf]([CH3])([CH3])(=[SiH2])[CH]1C(CC(C)C)=Cc2c(-c3cccc4ccccc34)cccc21. The summed E-state index contributed by atoms with van der Waals surface area (Å²) in [6.45, 7) is 12.1. The van der Waals surface area contributed by atoms with Gasteiger partial charge in [-0.15, -0.1) is 0 Å². The number of hydrogen-bond donors (Lipinski definition) is 0. The minimum atomic E-state index is -3.98. The molecular formula is C48H50HfSi. The van der Waals surface area contributed by atoms with Crippen LogP contribution in [0.4, 0.5) is 0 Å². The van der Waals surface area contributed by atoms with Gasteiger partial charge < -0.3 is 0 Å². The van der Waals surface area contributed by atoms with Crippen LogP contribution in [0, 0.1) is 11.8 Å². The Labute approximate surface area is 301 Å². The third-order valence-corrected chi connectivity index (χ3v) is 36.9. The van der Waals surface area contributed by atoms with E-state index in [9.17, 15) is 0 Å². The molecule has 2 heteroatoms. The molecule has 0 aliphatic heterocycles. The van der Waals surface area contributed by atoms with Crippen LogP contribution in [0.2, 0.25) is 9.36 Å². The van der Waals surface area contributed by atoms with Crippen LogP contribution in [-0.4, -0.2) is 6.94 Å². The second-order valence-electron chi connectivity index (χ2n) is 17.1. The standard InChI is InChI=1S/2C23H21.2CH3.Hf.H2Si/c2*1-16(2)13-17-14-19-9-6-12-22(23(19)15-17)21-11-5-8-18-7-3-4-10-20(18)21;;;;/h2*3-12,14-16H,13H2,1-2H3;2*1H3;;1H2. The van der Waals surface area contributed by atoms with Gasteiger partial charge in [-0.1, -0.05) is 0 Å². The third-order valence-electron chi connectivity index (χ3n) is 11.6. The summed E-state index contributed by atoms with van der Waals surface area (Å²) in [5.41, 5.74) is 15.0. The van der Waals surface area contributed by atoms with Crippen molar-refractivity contribution < 1.29 is 17.1 Å². The topological polar surface area (TPSA) is 0 Å². The molecule has 50 heavy (non-hydrogen) atoms. The zero-order valence-electron chi connectivity index (χ0n) is 30.6. The van der Waals surface area contributed by atoms with Crippen LogP contribution < -0.4 is 0 Å². The van der Waals surface area contributed by atoms with Crippen molar-refractivity contribution in [2.24, 2.45) is 11.8 Å². The molecule has 2 aliphatic rings. The Kier molecular flexibility index (Phi) is 8.43. The molecule has 0 nitrogen and oxygen atoms in total. The number of allylic oxidation sites excluding steroid dienone is 2. The van der Waals surface area contributed by atoms with Crippen molar-refractivity contribution >= 4 is 40.6 Å². The van der Waals surface area contributed by atoms with Gasteiger partial charge in [0.25, 0.3) is 0 Å². The Morgan fingerprint density at radius 1 is 0.480 bits per heavy atom. The van der Waals surface area contributed by atoms with E-state index in [1.165, 1.54) is 54.9 Å². The first kappa shape index (κ1) is 33.5. The van der Waals surface area contributed by atoms with E-state index >= 15 is 0 Å². The minimum absolute atomic E-state index is 0.505. The van der Waals surface area contributed by atoms with E-state index in [0.29, 0.717) is 19.2 Å².